The second kappa shape index (κ2) is 6.83. The van der Waals surface area contributed by atoms with Crippen LogP contribution < -0.4 is 5.73 Å². The molecule has 0 saturated carbocycles. The van der Waals surface area contributed by atoms with Crippen LogP contribution >= 0.6 is 0 Å². The van der Waals surface area contributed by atoms with E-state index in [-0.39, 0.29) is 22.5 Å². The molecule has 0 aliphatic heterocycles. The molecular weight excluding hydrogens is 410 g/mol. The Labute approximate surface area is 158 Å². The maximum absolute atomic E-state index is 13.3. The lowest BCUT2D eigenvalue weighted by Crippen LogP contribution is -2.61. The van der Waals surface area contributed by atoms with Crippen molar-refractivity contribution in [1.29, 1.82) is 0 Å². The Kier molecular flexibility index (Phi) is 4.89. The highest BCUT2D eigenvalue weighted by atomic mass is 19.4. The third-order valence-corrected chi connectivity index (χ3v) is 4.22. The summed E-state index contributed by atoms with van der Waals surface area (Å²) in [5, 5.41) is 0. The number of aromatic nitrogens is 2. The van der Waals surface area contributed by atoms with Crippen LogP contribution in [0.1, 0.15) is 5.82 Å². The standard InChI is InChI=1S/C18H11F8N3/c19-11-5-1-9(2-6-11)13-14(10-3-7-12(20)8-4-10)29-15(28-13)16(27,17(21,22)23)18(24,25)26/h1-8H,27H2,(H,28,29). The predicted octanol–water partition coefficient (Wildman–Crippen LogP) is 5.30. The van der Waals surface area contributed by atoms with E-state index in [4.69, 9.17) is 5.73 Å². The van der Waals surface area contributed by atoms with Gasteiger partial charge >= 0.3 is 12.4 Å². The summed E-state index contributed by atoms with van der Waals surface area (Å²) in [6, 6.07) is 8.38. The number of nitrogens with one attached hydrogen (secondary N) is 1. The van der Waals surface area contributed by atoms with Gasteiger partial charge in [-0.25, -0.2) is 13.8 Å². The Bertz CT molecular complexity index is 925. The van der Waals surface area contributed by atoms with Crippen molar-refractivity contribution in [3.63, 3.8) is 0 Å². The van der Waals surface area contributed by atoms with Gasteiger partial charge in [0.1, 0.15) is 17.5 Å². The maximum atomic E-state index is 13.3. The van der Waals surface area contributed by atoms with Gasteiger partial charge < -0.3 is 10.7 Å². The number of nitrogens with zero attached hydrogens (tertiary/aromatic N) is 1. The largest absolute Gasteiger partial charge is 0.422 e. The molecule has 0 bridgehead atoms. The van der Waals surface area contributed by atoms with Crippen LogP contribution in [0.15, 0.2) is 48.5 Å². The number of hydrogen-bond donors (Lipinski definition) is 2. The minimum Gasteiger partial charge on any atom is -0.339 e. The van der Waals surface area contributed by atoms with E-state index in [1.54, 1.807) is 0 Å². The number of imidazole rings is 1. The van der Waals surface area contributed by atoms with Crippen molar-refractivity contribution in [3.05, 3.63) is 66.0 Å². The lowest BCUT2D eigenvalue weighted by atomic mass is 9.98. The molecule has 0 saturated heterocycles. The monoisotopic (exact) mass is 421 g/mol. The molecule has 0 unspecified atom stereocenters. The second-order valence-electron chi connectivity index (χ2n) is 6.13. The van der Waals surface area contributed by atoms with Crippen molar-refractivity contribution in [3.8, 4) is 22.5 Å². The van der Waals surface area contributed by atoms with Crippen LogP contribution in [0.2, 0.25) is 0 Å². The number of hydrogen-bond acceptors (Lipinski definition) is 2. The fourth-order valence-electron chi connectivity index (χ4n) is 2.63. The van der Waals surface area contributed by atoms with Crippen molar-refractivity contribution in [2.45, 2.75) is 17.9 Å². The summed E-state index contributed by atoms with van der Waals surface area (Å²) in [6.07, 6.45) is -11.9. The number of benzene rings is 2. The zero-order chi connectivity index (χ0) is 21.6. The lowest BCUT2D eigenvalue weighted by molar-refractivity contribution is -0.304. The average Bonchev–Trinajstić information content (AvgIpc) is 3.06. The Morgan fingerprint density at radius 3 is 1.52 bits per heavy atom. The first-order valence-corrected chi connectivity index (χ1v) is 7.89. The predicted molar refractivity (Wildman–Crippen MR) is 87.4 cm³/mol. The van der Waals surface area contributed by atoms with Gasteiger partial charge in [0, 0.05) is 11.1 Å². The molecule has 0 amide bonds. The van der Waals surface area contributed by atoms with Crippen LogP contribution in [0.25, 0.3) is 22.5 Å². The molecule has 0 fully saturated rings. The molecule has 154 valence electrons. The SMILES string of the molecule is NC(c1nc(-c2ccc(F)cc2)c(-c2ccc(F)cc2)[nH]1)(C(F)(F)F)C(F)(F)F. The van der Waals surface area contributed by atoms with Crippen molar-refractivity contribution in [2.24, 2.45) is 5.73 Å². The summed E-state index contributed by atoms with van der Waals surface area (Å²) in [6.45, 7) is 0. The molecule has 3 N–H and O–H groups in total. The number of rotatable bonds is 3. The third-order valence-electron chi connectivity index (χ3n) is 4.22. The molecule has 3 aromatic rings. The van der Waals surface area contributed by atoms with E-state index in [9.17, 15) is 35.1 Å². The summed E-state index contributed by atoms with van der Waals surface area (Å²) >= 11 is 0. The summed E-state index contributed by atoms with van der Waals surface area (Å²) in [5.41, 5.74) is -0.515. The van der Waals surface area contributed by atoms with E-state index in [1.165, 1.54) is 0 Å². The van der Waals surface area contributed by atoms with Gasteiger partial charge in [0.15, 0.2) is 0 Å². The van der Waals surface area contributed by atoms with E-state index in [0.717, 1.165) is 48.5 Å². The fraction of sp³-hybridized carbons (Fsp3) is 0.167. The first-order valence-electron chi connectivity index (χ1n) is 7.89. The van der Waals surface area contributed by atoms with E-state index in [0.29, 0.717) is 0 Å². The van der Waals surface area contributed by atoms with Gasteiger partial charge in [-0.1, -0.05) is 0 Å². The topological polar surface area (TPSA) is 54.7 Å². The van der Waals surface area contributed by atoms with E-state index >= 15 is 0 Å². The Balaban J connectivity index is 2.29. The number of aromatic amines is 1. The fourth-order valence-corrected chi connectivity index (χ4v) is 2.63. The minimum absolute atomic E-state index is 0.0277. The van der Waals surface area contributed by atoms with Crippen molar-refractivity contribution >= 4 is 0 Å². The molecule has 0 radical (unpaired) electrons. The zero-order valence-corrected chi connectivity index (χ0v) is 14.2. The lowest BCUT2D eigenvalue weighted by Gasteiger charge is -2.31. The summed E-state index contributed by atoms with van der Waals surface area (Å²) in [7, 11) is 0. The Hall–Kier alpha value is -2.95. The van der Waals surface area contributed by atoms with Crippen LogP contribution in [-0.4, -0.2) is 22.3 Å². The Morgan fingerprint density at radius 1 is 0.690 bits per heavy atom. The molecule has 11 heteroatoms. The average molecular weight is 421 g/mol. The van der Waals surface area contributed by atoms with Gasteiger partial charge in [0.25, 0.3) is 5.54 Å². The molecule has 3 rings (SSSR count). The summed E-state index contributed by atoms with van der Waals surface area (Å²) < 4.78 is 106. The van der Waals surface area contributed by atoms with Crippen molar-refractivity contribution in [2.75, 3.05) is 0 Å². The third kappa shape index (κ3) is 3.57. The number of H-pyrrole nitrogens is 1. The van der Waals surface area contributed by atoms with E-state index in [2.05, 4.69) is 4.98 Å². The van der Waals surface area contributed by atoms with Gasteiger partial charge in [-0.2, -0.15) is 26.3 Å². The van der Waals surface area contributed by atoms with Gasteiger partial charge in [0.2, 0.25) is 0 Å². The van der Waals surface area contributed by atoms with E-state index in [1.807, 2.05) is 4.98 Å². The smallest absolute Gasteiger partial charge is 0.339 e. The van der Waals surface area contributed by atoms with Gasteiger partial charge in [0.05, 0.1) is 11.4 Å². The molecule has 1 aromatic heterocycles. The highest BCUT2D eigenvalue weighted by Crippen LogP contribution is 2.48. The van der Waals surface area contributed by atoms with Crippen LogP contribution in [0.4, 0.5) is 35.1 Å². The first kappa shape index (κ1) is 20.8. The molecule has 29 heavy (non-hydrogen) atoms. The first-order chi connectivity index (χ1) is 13.3. The van der Waals surface area contributed by atoms with Crippen LogP contribution in [-0.2, 0) is 5.54 Å². The van der Waals surface area contributed by atoms with Gasteiger partial charge in [-0.05, 0) is 48.5 Å². The number of nitrogens with two attached hydrogens (primary N) is 1. The Morgan fingerprint density at radius 2 is 1.10 bits per heavy atom. The summed E-state index contributed by atoms with van der Waals surface area (Å²) in [5.74, 6) is -2.95. The number of alkyl halides is 6. The highest BCUT2D eigenvalue weighted by Gasteiger charge is 2.71. The highest BCUT2D eigenvalue weighted by molar-refractivity contribution is 5.78. The summed E-state index contributed by atoms with van der Waals surface area (Å²) in [4.78, 5) is 5.47. The molecule has 1 heterocycles. The molecule has 0 aliphatic rings. The maximum Gasteiger partial charge on any atom is 0.422 e. The zero-order valence-electron chi connectivity index (χ0n) is 14.2. The van der Waals surface area contributed by atoms with Crippen LogP contribution in [0, 0.1) is 11.6 Å². The molecule has 0 atom stereocenters. The number of halogens is 8. The second-order valence-corrected chi connectivity index (χ2v) is 6.13. The normalized spacial score (nSPS) is 13.0. The van der Waals surface area contributed by atoms with Gasteiger partial charge in [-0.15, -0.1) is 0 Å². The molecular formula is C18H11F8N3. The van der Waals surface area contributed by atoms with Gasteiger partial charge in [-0.3, -0.25) is 0 Å². The van der Waals surface area contributed by atoms with Crippen molar-refractivity contribution in [1.82, 2.24) is 9.97 Å². The quantitative estimate of drug-likeness (QED) is 0.564. The molecule has 3 nitrogen and oxygen atoms in total. The van der Waals surface area contributed by atoms with E-state index < -0.39 is 35.4 Å². The van der Waals surface area contributed by atoms with Crippen molar-refractivity contribution < 1.29 is 35.1 Å². The molecule has 0 aliphatic carbocycles. The molecule has 2 aromatic carbocycles. The minimum atomic E-state index is -5.93. The molecule has 0 spiro atoms. The van der Waals surface area contributed by atoms with Crippen LogP contribution in [0.3, 0.4) is 0 Å². The van der Waals surface area contributed by atoms with Crippen LogP contribution in [0.5, 0.6) is 0 Å².